The van der Waals surface area contributed by atoms with Gasteiger partial charge >= 0.3 is 0 Å². The molecule has 0 aromatic rings. The molecule has 1 aliphatic heterocycles. The lowest BCUT2D eigenvalue weighted by molar-refractivity contribution is 0.563. The van der Waals surface area contributed by atoms with Crippen LogP contribution >= 0.6 is 24.0 Å². The standard InChI is InChI=1S/C9H16N2S2/c1-2-5-10-9(12)11-8-3-6-13-7-4-8/h2,8H,1,3-7H2,(H2,10,11,12). The topological polar surface area (TPSA) is 24.1 Å². The van der Waals surface area contributed by atoms with Crippen molar-refractivity contribution < 1.29 is 0 Å². The number of hydrogen-bond acceptors (Lipinski definition) is 2. The largest absolute Gasteiger partial charge is 0.360 e. The van der Waals surface area contributed by atoms with Crippen molar-refractivity contribution in [2.24, 2.45) is 0 Å². The highest BCUT2D eigenvalue weighted by atomic mass is 32.2. The third-order valence-electron chi connectivity index (χ3n) is 1.96. The fraction of sp³-hybridized carbons (Fsp3) is 0.667. The molecule has 0 radical (unpaired) electrons. The summed E-state index contributed by atoms with van der Waals surface area (Å²) >= 11 is 7.15. The average molecular weight is 216 g/mol. The van der Waals surface area contributed by atoms with E-state index in [-0.39, 0.29) is 0 Å². The maximum Gasteiger partial charge on any atom is 0.166 e. The van der Waals surface area contributed by atoms with Crippen molar-refractivity contribution in [2.45, 2.75) is 18.9 Å². The van der Waals surface area contributed by atoms with Crippen LogP contribution in [0.2, 0.25) is 0 Å². The molecule has 0 saturated carbocycles. The minimum absolute atomic E-state index is 0.575. The maximum atomic E-state index is 5.12. The van der Waals surface area contributed by atoms with Crippen LogP contribution in [-0.4, -0.2) is 29.2 Å². The molecule has 2 nitrogen and oxygen atoms in total. The minimum atomic E-state index is 0.575. The highest BCUT2D eigenvalue weighted by molar-refractivity contribution is 7.99. The summed E-state index contributed by atoms with van der Waals surface area (Å²) in [6, 6.07) is 0.575. The van der Waals surface area contributed by atoms with Gasteiger partial charge in [0.05, 0.1) is 0 Å². The molecule has 1 fully saturated rings. The Morgan fingerprint density at radius 3 is 2.85 bits per heavy atom. The van der Waals surface area contributed by atoms with Crippen molar-refractivity contribution >= 4 is 29.1 Å². The summed E-state index contributed by atoms with van der Waals surface area (Å²) in [6.07, 6.45) is 4.26. The maximum absolute atomic E-state index is 5.12. The Kier molecular flexibility index (Phi) is 5.23. The molecule has 0 aromatic carbocycles. The number of thioether (sulfide) groups is 1. The molecule has 2 N–H and O–H groups in total. The molecule has 1 heterocycles. The van der Waals surface area contributed by atoms with Crippen LogP contribution in [0.4, 0.5) is 0 Å². The second-order valence-electron chi connectivity index (χ2n) is 3.03. The van der Waals surface area contributed by atoms with Crippen molar-refractivity contribution in [1.82, 2.24) is 10.6 Å². The lowest BCUT2D eigenvalue weighted by Crippen LogP contribution is -2.43. The number of rotatable bonds is 3. The third kappa shape index (κ3) is 4.52. The van der Waals surface area contributed by atoms with E-state index in [0.29, 0.717) is 6.04 Å². The SMILES string of the molecule is C=CCNC(=S)NC1CCSCC1. The lowest BCUT2D eigenvalue weighted by atomic mass is 10.2. The summed E-state index contributed by atoms with van der Waals surface area (Å²) in [5, 5.41) is 7.15. The van der Waals surface area contributed by atoms with Gasteiger partial charge < -0.3 is 10.6 Å². The van der Waals surface area contributed by atoms with Gasteiger partial charge in [0.25, 0.3) is 0 Å². The Bertz CT molecular complexity index is 176. The molecule has 0 unspecified atom stereocenters. The molecule has 0 bridgehead atoms. The Balaban J connectivity index is 2.14. The van der Waals surface area contributed by atoms with Crippen molar-refractivity contribution in [2.75, 3.05) is 18.1 Å². The molecular formula is C9H16N2S2. The monoisotopic (exact) mass is 216 g/mol. The van der Waals surface area contributed by atoms with Gasteiger partial charge in [-0.05, 0) is 36.6 Å². The fourth-order valence-electron chi connectivity index (χ4n) is 1.24. The molecule has 0 aromatic heterocycles. The van der Waals surface area contributed by atoms with Crippen LogP contribution in [0.5, 0.6) is 0 Å². The van der Waals surface area contributed by atoms with E-state index in [2.05, 4.69) is 17.2 Å². The third-order valence-corrected chi connectivity index (χ3v) is 3.27. The van der Waals surface area contributed by atoms with Gasteiger partial charge in [-0.25, -0.2) is 0 Å². The number of hydrogen-bond donors (Lipinski definition) is 2. The van der Waals surface area contributed by atoms with E-state index < -0.39 is 0 Å². The Labute approximate surface area is 89.5 Å². The first-order valence-electron chi connectivity index (χ1n) is 4.56. The van der Waals surface area contributed by atoms with Crippen LogP contribution in [0, 0.1) is 0 Å². The average Bonchev–Trinajstić information content (AvgIpc) is 2.16. The van der Waals surface area contributed by atoms with E-state index in [9.17, 15) is 0 Å². The molecule has 74 valence electrons. The Hall–Kier alpha value is -0.220. The highest BCUT2D eigenvalue weighted by Crippen LogP contribution is 2.16. The Morgan fingerprint density at radius 1 is 1.54 bits per heavy atom. The van der Waals surface area contributed by atoms with Crippen molar-refractivity contribution in [3.8, 4) is 0 Å². The van der Waals surface area contributed by atoms with Crippen LogP contribution in [-0.2, 0) is 0 Å². The first-order chi connectivity index (χ1) is 6.33. The van der Waals surface area contributed by atoms with Gasteiger partial charge in [0.2, 0.25) is 0 Å². The molecule has 4 heteroatoms. The second-order valence-corrected chi connectivity index (χ2v) is 4.66. The zero-order valence-corrected chi connectivity index (χ0v) is 9.35. The van der Waals surface area contributed by atoms with Gasteiger partial charge in [-0.3, -0.25) is 0 Å². The molecule has 0 spiro atoms. The smallest absolute Gasteiger partial charge is 0.166 e. The number of thiocarbonyl (C=S) groups is 1. The Morgan fingerprint density at radius 2 is 2.23 bits per heavy atom. The fourth-order valence-corrected chi connectivity index (χ4v) is 2.60. The van der Waals surface area contributed by atoms with Crippen LogP contribution in [0.15, 0.2) is 12.7 Å². The summed E-state index contributed by atoms with van der Waals surface area (Å²) in [4.78, 5) is 0. The van der Waals surface area contributed by atoms with Gasteiger partial charge in [0, 0.05) is 12.6 Å². The van der Waals surface area contributed by atoms with Gasteiger partial charge in [-0.2, -0.15) is 11.8 Å². The lowest BCUT2D eigenvalue weighted by Gasteiger charge is -2.23. The zero-order valence-electron chi connectivity index (χ0n) is 7.71. The molecule has 0 amide bonds. The van der Waals surface area contributed by atoms with E-state index >= 15 is 0 Å². The summed E-state index contributed by atoms with van der Waals surface area (Å²) in [7, 11) is 0. The molecular weight excluding hydrogens is 200 g/mol. The summed E-state index contributed by atoms with van der Waals surface area (Å²) in [5.74, 6) is 2.50. The van der Waals surface area contributed by atoms with Crippen molar-refractivity contribution in [3.63, 3.8) is 0 Å². The van der Waals surface area contributed by atoms with Gasteiger partial charge in [0.15, 0.2) is 5.11 Å². The van der Waals surface area contributed by atoms with Crippen LogP contribution in [0.25, 0.3) is 0 Å². The second kappa shape index (κ2) is 6.27. The van der Waals surface area contributed by atoms with Crippen LogP contribution < -0.4 is 10.6 Å². The molecule has 0 aliphatic carbocycles. The predicted octanol–water partition coefficient (Wildman–Crippen LogP) is 1.53. The minimum Gasteiger partial charge on any atom is -0.360 e. The molecule has 0 atom stereocenters. The van der Waals surface area contributed by atoms with Crippen molar-refractivity contribution in [3.05, 3.63) is 12.7 Å². The van der Waals surface area contributed by atoms with E-state index in [1.54, 1.807) is 0 Å². The van der Waals surface area contributed by atoms with Crippen LogP contribution in [0.1, 0.15) is 12.8 Å². The van der Waals surface area contributed by atoms with E-state index in [0.717, 1.165) is 11.7 Å². The zero-order chi connectivity index (χ0) is 9.52. The van der Waals surface area contributed by atoms with Crippen molar-refractivity contribution in [1.29, 1.82) is 0 Å². The van der Waals surface area contributed by atoms with Crippen LogP contribution in [0.3, 0.4) is 0 Å². The number of nitrogens with one attached hydrogen (secondary N) is 2. The first-order valence-corrected chi connectivity index (χ1v) is 6.12. The quantitative estimate of drug-likeness (QED) is 0.552. The van der Waals surface area contributed by atoms with E-state index in [4.69, 9.17) is 12.2 Å². The summed E-state index contributed by atoms with van der Waals surface area (Å²) in [5.41, 5.74) is 0. The summed E-state index contributed by atoms with van der Waals surface area (Å²) in [6.45, 7) is 4.37. The van der Waals surface area contributed by atoms with Gasteiger partial charge in [-0.1, -0.05) is 6.08 Å². The summed E-state index contributed by atoms with van der Waals surface area (Å²) < 4.78 is 0. The molecule has 1 rings (SSSR count). The molecule has 13 heavy (non-hydrogen) atoms. The first kappa shape index (κ1) is 10.9. The highest BCUT2D eigenvalue weighted by Gasteiger charge is 2.13. The predicted molar refractivity (Wildman–Crippen MR) is 64.3 cm³/mol. The van der Waals surface area contributed by atoms with Gasteiger partial charge in [0.1, 0.15) is 0 Å². The van der Waals surface area contributed by atoms with E-state index in [1.807, 2.05) is 17.8 Å². The normalized spacial score (nSPS) is 17.8. The molecule has 1 aliphatic rings. The molecule has 1 saturated heterocycles. The van der Waals surface area contributed by atoms with E-state index in [1.165, 1.54) is 24.3 Å². The van der Waals surface area contributed by atoms with Gasteiger partial charge in [-0.15, -0.1) is 6.58 Å².